The fourth-order valence-electron chi connectivity index (χ4n) is 2.74. The number of carbonyl (C=O) groups is 2. The molecule has 5 heteroatoms. The maximum atomic E-state index is 12.4. The molecule has 5 nitrogen and oxygen atoms in total. The summed E-state index contributed by atoms with van der Waals surface area (Å²) in [7, 11) is 0. The van der Waals surface area contributed by atoms with E-state index in [1.165, 1.54) is 0 Å². The molecule has 2 fully saturated rings. The highest BCUT2D eigenvalue weighted by molar-refractivity contribution is 5.92. The summed E-state index contributed by atoms with van der Waals surface area (Å²) in [6, 6.07) is 0. The maximum absolute atomic E-state index is 12.4. The van der Waals surface area contributed by atoms with Crippen LogP contribution in [0.4, 0.5) is 0 Å². The van der Waals surface area contributed by atoms with Crippen molar-refractivity contribution in [3.8, 4) is 0 Å². The Morgan fingerprint density at radius 2 is 1.70 bits per heavy atom. The molecule has 2 atom stereocenters. The van der Waals surface area contributed by atoms with Crippen molar-refractivity contribution in [2.24, 2.45) is 11.8 Å². The summed E-state index contributed by atoms with van der Waals surface area (Å²) in [5.41, 5.74) is -0.222. The van der Waals surface area contributed by atoms with E-state index in [4.69, 9.17) is 0 Å². The molecule has 0 radical (unpaired) electrons. The van der Waals surface area contributed by atoms with Gasteiger partial charge in [0.15, 0.2) is 0 Å². The van der Waals surface area contributed by atoms with Crippen LogP contribution in [0.3, 0.4) is 0 Å². The molecule has 0 aromatic heterocycles. The van der Waals surface area contributed by atoms with Crippen molar-refractivity contribution in [1.82, 2.24) is 15.1 Å². The maximum Gasteiger partial charge on any atom is 0.226 e. The van der Waals surface area contributed by atoms with Crippen LogP contribution in [0.15, 0.2) is 0 Å². The Hall–Kier alpha value is -1.10. The summed E-state index contributed by atoms with van der Waals surface area (Å²) in [5.74, 6) is 0.0225. The summed E-state index contributed by atoms with van der Waals surface area (Å²) >= 11 is 0. The molecular formula is C15H27N3O2. The van der Waals surface area contributed by atoms with Crippen molar-refractivity contribution in [3.05, 3.63) is 0 Å². The molecule has 1 saturated heterocycles. The van der Waals surface area contributed by atoms with Gasteiger partial charge < -0.3 is 15.1 Å². The fraction of sp³-hybridized carbons (Fsp3) is 0.867. The summed E-state index contributed by atoms with van der Waals surface area (Å²) in [4.78, 5) is 28.7. The Morgan fingerprint density at radius 1 is 1.10 bits per heavy atom. The van der Waals surface area contributed by atoms with E-state index in [2.05, 4.69) is 17.1 Å². The topological polar surface area (TPSA) is 52.7 Å². The first-order chi connectivity index (χ1) is 9.31. The van der Waals surface area contributed by atoms with Crippen LogP contribution in [0.25, 0.3) is 0 Å². The van der Waals surface area contributed by atoms with Gasteiger partial charge in [0.25, 0.3) is 0 Å². The van der Waals surface area contributed by atoms with Crippen molar-refractivity contribution >= 4 is 11.8 Å². The van der Waals surface area contributed by atoms with Gasteiger partial charge in [-0.3, -0.25) is 9.59 Å². The molecule has 2 unspecified atom stereocenters. The molecule has 0 spiro atoms. The van der Waals surface area contributed by atoms with Gasteiger partial charge >= 0.3 is 0 Å². The Kier molecular flexibility index (Phi) is 4.37. The normalized spacial score (nSPS) is 27.3. The molecular weight excluding hydrogens is 254 g/mol. The van der Waals surface area contributed by atoms with E-state index in [-0.39, 0.29) is 29.2 Å². The van der Waals surface area contributed by atoms with Crippen LogP contribution >= 0.6 is 0 Å². The van der Waals surface area contributed by atoms with E-state index in [9.17, 15) is 9.59 Å². The summed E-state index contributed by atoms with van der Waals surface area (Å²) in [5, 5.41) is 2.97. The zero-order chi connectivity index (χ0) is 14.9. The number of nitrogens with one attached hydrogen (secondary N) is 1. The second-order valence-corrected chi connectivity index (χ2v) is 6.95. The lowest BCUT2D eigenvalue weighted by Gasteiger charge is -2.34. The van der Waals surface area contributed by atoms with Gasteiger partial charge in [0.05, 0.1) is 11.8 Å². The van der Waals surface area contributed by atoms with Gasteiger partial charge in [-0.25, -0.2) is 0 Å². The molecule has 2 aliphatic rings. The average molecular weight is 281 g/mol. The fourth-order valence-corrected chi connectivity index (χ4v) is 2.74. The number of hydrogen-bond donors (Lipinski definition) is 1. The first kappa shape index (κ1) is 15.3. The quantitative estimate of drug-likeness (QED) is 0.828. The standard InChI is InChI=1S/C15H27N3O2/c1-5-17-6-8-18(9-7-17)14(20)12-10-11(12)13(19)16-15(2,3)4/h11-12H,5-10H2,1-4H3,(H,16,19). The molecule has 1 heterocycles. The third-order valence-corrected chi connectivity index (χ3v) is 4.07. The Bertz CT molecular complexity index is 381. The zero-order valence-electron chi connectivity index (χ0n) is 13.1. The van der Waals surface area contributed by atoms with Crippen molar-refractivity contribution in [3.63, 3.8) is 0 Å². The number of amides is 2. The smallest absolute Gasteiger partial charge is 0.226 e. The van der Waals surface area contributed by atoms with Gasteiger partial charge in [0, 0.05) is 31.7 Å². The lowest BCUT2D eigenvalue weighted by Crippen LogP contribution is -2.49. The molecule has 2 amide bonds. The van der Waals surface area contributed by atoms with E-state index >= 15 is 0 Å². The van der Waals surface area contributed by atoms with Gasteiger partial charge in [0.2, 0.25) is 11.8 Å². The second kappa shape index (κ2) is 5.72. The Balaban J connectivity index is 1.80. The Morgan fingerprint density at radius 3 is 2.20 bits per heavy atom. The third-order valence-electron chi connectivity index (χ3n) is 4.07. The van der Waals surface area contributed by atoms with Gasteiger partial charge in [-0.1, -0.05) is 6.92 Å². The van der Waals surface area contributed by atoms with Crippen LogP contribution in [-0.4, -0.2) is 59.9 Å². The first-order valence-electron chi connectivity index (χ1n) is 7.65. The summed E-state index contributed by atoms with van der Waals surface area (Å²) in [6.07, 6.45) is 0.717. The van der Waals surface area contributed by atoms with Crippen molar-refractivity contribution in [2.75, 3.05) is 32.7 Å². The predicted molar refractivity (Wildman–Crippen MR) is 78.2 cm³/mol. The van der Waals surface area contributed by atoms with Crippen molar-refractivity contribution in [1.29, 1.82) is 0 Å². The largest absolute Gasteiger partial charge is 0.351 e. The predicted octanol–water partition coefficient (Wildman–Crippen LogP) is 0.701. The number of likely N-dealkylation sites (N-methyl/N-ethyl adjacent to an activating group) is 1. The minimum atomic E-state index is -0.222. The van der Waals surface area contributed by atoms with Gasteiger partial charge in [0.1, 0.15) is 0 Å². The van der Waals surface area contributed by atoms with Crippen molar-refractivity contribution in [2.45, 2.75) is 39.7 Å². The lowest BCUT2D eigenvalue weighted by atomic mass is 10.1. The van der Waals surface area contributed by atoms with Gasteiger partial charge in [-0.15, -0.1) is 0 Å². The van der Waals surface area contributed by atoms with E-state index in [0.29, 0.717) is 0 Å². The number of rotatable bonds is 3. The first-order valence-corrected chi connectivity index (χ1v) is 7.65. The van der Waals surface area contributed by atoms with Crippen LogP contribution in [0.5, 0.6) is 0 Å². The zero-order valence-corrected chi connectivity index (χ0v) is 13.1. The monoisotopic (exact) mass is 281 g/mol. The van der Waals surface area contributed by atoms with E-state index in [0.717, 1.165) is 39.1 Å². The minimum Gasteiger partial charge on any atom is -0.351 e. The molecule has 0 aromatic carbocycles. The number of piperazine rings is 1. The van der Waals surface area contributed by atoms with E-state index in [1.807, 2.05) is 25.7 Å². The van der Waals surface area contributed by atoms with Gasteiger partial charge in [-0.05, 0) is 33.7 Å². The molecule has 1 aliphatic carbocycles. The van der Waals surface area contributed by atoms with Crippen LogP contribution < -0.4 is 5.32 Å². The van der Waals surface area contributed by atoms with Crippen LogP contribution in [0, 0.1) is 11.8 Å². The summed E-state index contributed by atoms with van der Waals surface area (Å²) in [6.45, 7) is 12.6. The summed E-state index contributed by atoms with van der Waals surface area (Å²) < 4.78 is 0. The molecule has 2 rings (SSSR count). The molecule has 114 valence electrons. The number of hydrogen-bond acceptors (Lipinski definition) is 3. The molecule has 0 aromatic rings. The highest BCUT2D eigenvalue weighted by atomic mass is 16.2. The molecule has 0 bridgehead atoms. The second-order valence-electron chi connectivity index (χ2n) is 6.95. The number of nitrogens with zero attached hydrogens (tertiary/aromatic N) is 2. The van der Waals surface area contributed by atoms with Crippen LogP contribution in [-0.2, 0) is 9.59 Å². The SMILES string of the molecule is CCN1CCN(C(=O)C2CC2C(=O)NC(C)(C)C)CC1. The average Bonchev–Trinajstić information content (AvgIpc) is 3.16. The highest BCUT2D eigenvalue weighted by Crippen LogP contribution is 2.40. The lowest BCUT2D eigenvalue weighted by molar-refractivity contribution is -0.136. The Labute approximate surface area is 121 Å². The minimum absolute atomic E-state index is 0.0306. The molecule has 1 saturated carbocycles. The highest BCUT2D eigenvalue weighted by Gasteiger charge is 2.50. The molecule has 1 N–H and O–H groups in total. The van der Waals surface area contributed by atoms with E-state index < -0.39 is 0 Å². The van der Waals surface area contributed by atoms with Crippen LogP contribution in [0.1, 0.15) is 34.1 Å². The van der Waals surface area contributed by atoms with Crippen LogP contribution in [0.2, 0.25) is 0 Å². The third kappa shape index (κ3) is 3.72. The molecule has 1 aliphatic heterocycles. The van der Waals surface area contributed by atoms with E-state index in [1.54, 1.807) is 0 Å². The van der Waals surface area contributed by atoms with Crippen molar-refractivity contribution < 1.29 is 9.59 Å². The number of carbonyl (C=O) groups excluding carboxylic acids is 2. The molecule has 20 heavy (non-hydrogen) atoms. The van der Waals surface area contributed by atoms with Gasteiger partial charge in [-0.2, -0.15) is 0 Å².